The van der Waals surface area contributed by atoms with Crippen LogP contribution in [0.25, 0.3) is 11.0 Å². The fourth-order valence-corrected chi connectivity index (χ4v) is 5.49. The number of halogens is 3. The van der Waals surface area contributed by atoms with Crippen molar-refractivity contribution in [3.8, 4) is 0 Å². The second-order valence-corrected chi connectivity index (χ2v) is 9.85. The van der Waals surface area contributed by atoms with Gasteiger partial charge >= 0.3 is 6.18 Å². The van der Waals surface area contributed by atoms with E-state index in [1.807, 2.05) is 4.90 Å². The normalized spacial score (nSPS) is 20.7. The van der Waals surface area contributed by atoms with Crippen molar-refractivity contribution in [1.82, 2.24) is 24.3 Å². The van der Waals surface area contributed by atoms with Crippen LogP contribution in [0.1, 0.15) is 31.0 Å². The monoisotopic (exact) mass is 489 g/mol. The minimum Gasteiger partial charge on any atom is -0.377 e. The van der Waals surface area contributed by atoms with Crippen LogP contribution >= 0.6 is 0 Å². The maximum Gasteiger partial charge on any atom is 0.433 e. The number of rotatable bonds is 3. The quantitative estimate of drug-likeness (QED) is 0.560. The van der Waals surface area contributed by atoms with Crippen LogP contribution in [-0.4, -0.2) is 63.7 Å². The molecular formula is C23H26F3N7O2. The second-order valence-electron chi connectivity index (χ2n) is 9.85. The molecule has 3 aliphatic heterocycles. The van der Waals surface area contributed by atoms with Crippen molar-refractivity contribution in [2.24, 2.45) is 12.5 Å². The topological polar surface area (TPSA) is 81.3 Å². The van der Waals surface area contributed by atoms with Crippen LogP contribution in [0, 0.1) is 5.41 Å². The molecule has 6 rings (SSSR count). The first-order chi connectivity index (χ1) is 16.7. The lowest BCUT2D eigenvalue weighted by molar-refractivity contribution is -0.141. The average molecular weight is 490 g/mol. The molecule has 35 heavy (non-hydrogen) atoms. The summed E-state index contributed by atoms with van der Waals surface area (Å²) < 4.78 is 48.0. The summed E-state index contributed by atoms with van der Waals surface area (Å²) in [5, 5.41) is 4.88. The van der Waals surface area contributed by atoms with Crippen molar-refractivity contribution in [2.75, 3.05) is 49.2 Å². The van der Waals surface area contributed by atoms with Crippen molar-refractivity contribution in [2.45, 2.75) is 31.5 Å². The van der Waals surface area contributed by atoms with Gasteiger partial charge in [0.1, 0.15) is 17.1 Å². The summed E-state index contributed by atoms with van der Waals surface area (Å²) in [5.41, 5.74) is 0.200. The van der Waals surface area contributed by atoms with E-state index in [4.69, 9.17) is 9.72 Å². The summed E-state index contributed by atoms with van der Waals surface area (Å²) in [6.45, 7) is 4.00. The van der Waals surface area contributed by atoms with Gasteiger partial charge in [0.15, 0.2) is 5.65 Å². The Hall–Kier alpha value is -3.15. The zero-order chi connectivity index (χ0) is 24.4. The lowest BCUT2D eigenvalue weighted by atomic mass is 9.78. The smallest absolute Gasteiger partial charge is 0.377 e. The third kappa shape index (κ3) is 3.74. The summed E-state index contributed by atoms with van der Waals surface area (Å²) in [5.74, 6) is 0.623. The van der Waals surface area contributed by atoms with Crippen LogP contribution < -0.4 is 15.4 Å². The molecule has 3 saturated heterocycles. The van der Waals surface area contributed by atoms with Gasteiger partial charge in [0.2, 0.25) is 5.95 Å². The molecule has 3 aliphatic rings. The standard InChI is InChI=1S/C23H26F3N7O2/c1-30-20(34)17-11-28-33(16-12-35-13-16)19(17)29-21(30)31-7-3-22(4-8-31)5-9-32(14-22)15-2-6-27-18(10-15)23(24,25)26/h2,6,10-11,16H,3-5,7-9,12-14H2,1H3. The predicted octanol–water partition coefficient (Wildman–Crippen LogP) is 2.61. The van der Waals surface area contributed by atoms with Gasteiger partial charge in [0, 0.05) is 45.1 Å². The fourth-order valence-electron chi connectivity index (χ4n) is 5.49. The number of alkyl halides is 3. The number of ether oxygens (including phenoxy) is 1. The minimum absolute atomic E-state index is 0.0339. The first kappa shape index (κ1) is 22.3. The Kier molecular flexibility index (Phi) is 5.06. The van der Waals surface area contributed by atoms with E-state index in [-0.39, 0.29) is 17.0 Å². The number of hydrogen-bond acceptors (Lipinski definition) is 7. The molecule has 3 aromatic rings. The van der Waals surface area contributed by atoms with Crippen molar-refractivity contribution in [3.63, 3.8) is 0 Å². The number of nitrogens with zero attached hydrogens (tertiary/aromatic N) is 7. The lowest BCUT2D eigenvalue weighted by Gasteiger charge is -2.40. The minimum atomic E-state index is -4.45. The van der Waals surface area contributed by atoms with Crippen molar-refractivity contribution < 1.29 is 17.9 Å². The molecule has 12 heteroatoms. The Labute approximate surface area is 199 Å². The molecule has 3 aromatic heterocycles. The van der Waals surface area contributed by atoms with Crippen LogP contribution in [-0.2, 0) is 18.0 Å². The van der Waals surface area contributed by atoms with Gasteiger partial charge in [-0.15, -0.1) is 0 Å². The van der Waals surface area contributed by atoms with Crippen molar-refractivity contribution in [3.05, 3.63) is 40.6 Å². The molecule has 0 aromatic carbocycles. The van der Waals surface area contributed by atoms with Gasteiger partial charge < -0.3 is 14.5 Å². The Bertz CT molecular complexity index is 1320. The van der Waals surface area contributed by atoms with Crippen molar-refractivity contribution in [1.29, 1.82) is 0 Å². The molecule has 0 saturated carbocycles. The van der Waals surface area contributed by atoms with Crippen LogP contribution in [0.4, 0.5) is 24.8 Å². The number of pyridine rings is 1. The molecule has 0 radical (unpaired) electrons. The van der Waals surface area contributed by atoms with Crippen LogP contribution in [0.3, 0.4) is 0 Å². The third-order valence-corrected chi connectivity index (χ3v) is 7.72. The van der Waals surface area contributed by atoms with Gasteiger partial charge in [-0.3, -0.25) is 14.3 Å². The van der Waals surface area contributed by atoms with Crippen molar-refractivity contribution >= 4 is 22.7 Å². The summed E-state index contributed by atoms with van der Waals surface area (Å²) in [6.07, 6.45) is 1.03. The molecule has 1 spiro atoms. The van der Waals surface area contributed by atoms with Gasteiger partial charge in [0.05, 0.1) is 19.4 Å². The van der Waals surface area contributed by atoms with E-state index in [2.05, 4.69) is 15.0 Å². The first-order valence-corrected chi connectivity index (χ1v) is 11.8. The molecule has 0 bridgehead atoms. The predicted molar refractivity (Wildman–Crippen MR) is 123 cm³/mol. The highest BCUT2D eigenvalue weighted by Gasteiger charge is 2.42. The Morgan fingerprint density at radius 2 is 1.83 bits per heavy atom. The van der Waals surface area contributed by atoms with Gasteiger partial charge in [-0.1, -0.05) is 0 Å². The Morgan fingerprint density at radius 3 is 2.49 bits per heavy atom. The summed E-state index contributed by atoms with van der Waals surface area (Å²) >= 11 is 0. The van der Waals surface area contributed by atoms with Gasteiger partial charge in [0.25, 0.3) is 5.56 Å². The highest BCUT2D eigenvalue weighted by atomic mass is 19.4. The molecule has 0 aliphatic carbocycles. The van der Waals surface area contributed by atoms with Crippen LogP contribution in [0.2, 0.25) is 0 Å². The SMILES string of the molecule is Cn1c(N2CCC3(CCN(c4ccnc(C(F)(F)F)c4)C3)CC2)nc2c(cnn2C2COC2)c1=O. The molecule has 9 nitrogen and oxygen atoms in total. The van der Waals surface area contributed by atoms with Crippen LogP contribution in [0.5, 0.6) is 0 Å². The number of fused-ring (bicyclic) bond motifs is 1. The number of aromatic nitrogens is 5. The Balaban J connectivity index is 1.20. The van der Waals surface area contributed by atoms with E-state index < -0.39 is 11.9 Å². The largest absolute Gasteiger partial charge is 0.433 e. The Morgan fingerprint density at radius 1 is 1.11 bits per heavy atom. The summed E-state index contributed by atoms with van der Waals surface area (Å²) in [7, 11) is 1.73. The molecule has 6 heterocycles. The molecule has 0 N–H and O–H groups in total. The molecule has 186 valence electrons. The zero-order valence-electron chi connectivity index (χ0n) is 19.3. The summed E-state index contributed by atoms with van der Waals surface area (Å²) in [6, 6.07) is 2.88. The lowest BCUT2D eigenvalue weighted by Crippen LogP contribution is -2.44. The molecule has 0 unspecified atom stereocenters. The third-order valence-electron chi connectivity index (χ3n) is 7.72. The molecule has 3 fully saturated rings. The second kappa shape index (κ2) is 7.94. The van der Waals surface area contributed by atoms with Crippen LogP contribution in [0.15, 0.2) is 29.3 Å². The maximum absolute atomic E-state index is 13.1. The number of anilines is 2. The highest BCUT2D eigenvalue weighted by Crippen LogP contribution is 2.43. The number of piperidine rings is 1. The van der Waals surface area contributed by atoms with E-state index in [1.54, 1.807) is 28.6 Å². The van der Waals surface area contributed by atoms with E-state index in [1.165, 1.54) is 6.20 Å². The fraction of sp³-hybridized carbons (Fsp3) is 0.565. The zero-order valence-corrected chi connectivity index (χ0v) is 19.3. The first-order valence-electron chi connectivity index (χ1n) is 11.8. The van der Waals surface area contributed by atoms with Gasteiger partial charge in [-0.05, 0) is 36.8 Å². The molecule has 0 atom stereocenters. The van der Waals surface area contributed by atoms with E-state index in [0.717, 1.165) is 38.4 Å². The average Bonchev–Trinajstić information content (AvgIpc) is 3.41. The van der Waals surface area contributed by atoms with E-state index in [9.17, 15) is 18.0 Å². The highest BCUT2D eigenvalue weighted by molar-refractivity contribution is 5.75. The van der Waals surface area contributed by atoms with Gasteiger partial charge in [-0.25, -0.2) is 4.68 Å². The van der Waals surface area contributed by atoms with E-state index in [0.29, 0.717) is 49.0 Å². The van der Waals surface area contributed by atoms with Gasteiger partial charge in [-0.2, -0.15) is 23.3 Å². The molecule has 0 amide bonds. The summed E-state index contributed by atoms with van der Waals surface area (Å²) in [4.78, 5) is 25.5. The van der Waals surface area contributed by atoms with E-state index >= 15 is 0 Å². The maximum atomic E-state index is 13.1. The number of hydrogen-bond donors (Lipinski definition) is 0. The molecular weight excluding hydrogens is 463 g/mol.